The van der Waals surface area contributed by atoms with Crippen molar-refractivity contribution in [3.63, 3.8) is 0 Å². The van der Waals surface area contributed by atoms with Crippen LogP contribution in [0.4, 0.5) is 5.69 Å². The molecule has 5 heteroatoms. The van der Waals surface area contributed by atoms with Crippen molar-refractivity contribution in [1.82, 2.24) is 4.90 Å². The summed E-state index contributed by atoms with van der Waals surface area (Å²) in [6.45, 7) is 1.51. The van der Waals surface area contributed by atoms with E-state index in [2.05, 4.69) is 5.32 Å². The third-order valence-corrected chi connectivity index (χ3v) is 2.94. The number of carbonyl (C=O) groups is 1. The molecule has 1 heterocycles. The van der Waals surface area contributed by atoms with Crippen LogP contribution in [0, 0.1) is 11.3 Å². The van der Waals surface area contributed by atoms with Gasteiger partial charge in [-0.15, -0.1) is 0 Å². The van der Waals surface area contributed by atoms with Crippen LogP contribution in [0.1, 0.15) is 12.0 Å². The third kappa shape index (κ3) is 3.06. The molecule has 1 aliphatic rings. The Morgan fingerprint density at radius 3 is 3.00 bits per heavy atom. The number of nitriles is 1. The van der Waals surface area contributed by atoms with E-state index < -0.39 is 0 Å². The second-order valence-electron chi connectivity index (χ2n) is 4.38. The van der Waals surface area contributed by atoms with Gasteiger partial charge in [0.1, 0.15) is 6.07 Å². The number of aliphatic hydroxyl groups excluding tert-OH is 1. The van der Waals surface area contributed by atoms with Crippen molar-refractivity contribution >= 4 is 11.6 Å². The van der Waals surface area contributed by atoms with Crippen molar-refractivity contribution in [3.05, 3.63) is 29.8 Å². The number of amides is 1. The van der Waals surface area contributed by atoms with Gasteiger partial charge in [-0.2, -0.15) is 5.26 Å². The molecule has 18 heavy (non-hydrogen) atoms. The van der Waals surface area contributed by atoms with Gasteiger partial charge in [-0.3, -0.25) is 9.69 Å². The van der Waals surface area contributed by atoms with Gasteiger partial charge in [0.05, 0.1) is 23.9 Å². The molecule has 1 amide bonds. The zero-order valence-electron chi connectivity index (χ0n) is 9.97. The molecule has 0 radical (unpaired) electrons. The summed E-state index contributed by atoms with van der Waals surface area (Å²) in [7, 11) is 0. The molecule has 2 rings (SSSR count). The van der Waals surface area contributed by atoms with Crippen LogP contribution in [0.2, 0.25) is 0 Å². The SMILES string of the molecule is N#Cc1ccccc1NC(=O)CN1CCC(O)C1. The molecule has 1 unspecified atom stereocenters. The van der Waals surface area contributed by atoms with Crippen molar-refractivity contribution < 1.29 is 9.90 Å². The summed E-state index contributed by atoms with van der Waals surface area (Å²) in [5.41, 5.74) is 0.983. The van der Waals surface area contributed by atoms with Crippen LogP contribution in [0.25, 0.3) is 0 Å². The third-order valence-electron chi connectivity index (χ3n) is 2.94. The van der Waals surface area contributed by atoms with Crippen molar-refractivity contribution in [1.29, 1.82) is 5.26 Å². The summed E-state index contributed by atoms with van der Waals surface area (Å²) in [4.78, 5) is 13.7. The molecular weight excluding hydrogens is 230 g/mol. The highest BCUT2D eigenvalue weighted by atomic mass is 16.3. The van der Waals surface area contributed by atoms with E-state index in [1.54, 1.807) is 24.3 Å². The van der Waals surface area contributed by atoms with Crippen LogP contribution in [-0.2, 0) is 4.79 Å². The van der Waals surface area contributed by atoms with E-state index >= 15 is 0 Å². The maximum Gasteiger partial charge on any atom is 0.238 e. The zero-order valence-corrected chi connectivity index (χ0v) is 9.97. The molecule has 0 aliphatic carbocycles. The summed E-state index contributed by atoms with van der Waals surface area (Å²) in [6, 6.07) is 8.93. The predicted octanol–water partition coefficient (Wildman–Crippen LogP) is 0.563. The largest absolute Gasteiger partial charge is 0.392 e. The van der Waals surface area contributed by atoms with Crippen LogP contribution in [0.5, 0.6) is 0 Å². The minimum absolute atomic E-state index is 0.160. The normalized spacial score (nSPS) is 19.4. The monoisotopic (exact) mass is 245 g/mol. The average Bonchev–Trinajstić information content (AvgIpc) is 2.75. The van der Waals surface area contributed by atoms with E-state index in [0.29, 0.717) is 24.2 Å². The molecule has 94 valence electrons. The smallest absolute Gasteiger partial charge is 0.238 e. The lowest BCUT2D eigenvalue weighted by Gasteiger charge is -2.14. The van der Waals surface area contributed by atoms with E-state index in [4.69, 9.17) is 5.26 Å². The number of anilines is 1. The lowest BCUT2D eigenvalue weighted by Crippen LogP contribution is -2.32. The summed E-state index contributed by atoms with van der Waals surface area (Å²) in [5, 5.41) is 21.0. The number of rotatable bonds is 3. The van der Waals surface area contributed by atoms with E-state index in [9.17, 15) is 9.90 Å². The highest BCUT2D eigenvalue weighted by molar-refractivity contribution is 5.93. The first-order valence-electron chi connectivity index (χ1n) is 5.88. The number of hydrogen-bond donors (Lipinski definition) is 2. The van der Waals surface area contributed by atoms with E-state index in [1.165, 1.54) is 0 Å². The van der Waals surface area contributed by atoms with E-state index in [0.717, 1.165) is 6.54 Å². The van der Waals surface area contributed by atoms with Crippen molar-refractivity contribution in [3.8, 4) is 6.07 Å². The lowest BCUT2D eigenvalue weighted by molar-refractivity contribution is -0.117. The number of hydrogen-bond acceptors (Lipinski definition) is 4. The second-order valence-corrected chi connectivity index (χ2v) is 4.38. The summed E-state index contributed by atoms with van der Waals surface area (Å²) >= 11 is 0. The summed E-state index contributed by atoms with van der Waals surface area (Å²) in [5.74, 6) is -0.160. The first kappa shape index (κ1) is 12.6. The molecule has 1 aromatic carbocycles. The number of carbonyl (C=O) groups excluding carboxylic acids is 1. The van der Waals surface area contributed by atoms with Gasteiger partial charge in [-0.25, -0.2) is 0 Å². The fourth-order valence-corrected chi connectivity index (χ4v) is 2.04. The van der Waals surface area contributed by atoms with Gasteiger partial charge in [0.15, 0.2) is 0 Å². The standard InChI is InChI=1S/C13H15N3O2/c14-7-10-3-1-2-4-12(10)15-13(18)9-16-6-5-11(17)8-16/h1-4,11,17H,5-6,8-9H2,(H,15,18). The Bertz CT molecular complexity index is 481. The Kier molecular flexibility index (Phi) is 3.92. The number of nitrogens with zero attached hydrogens (tertiary/aromatic N) is 2. The number of nitrogens with one attached hydrogen (secondary N) is 1. The van der Waals surface area contributed by atoms with Gasteiger partial charge in [-0.1, -0.05) is 12.1 Å². The van der Waals surface area contributed by atoms with Crippen molar-refractivity contribution in [2.75, 3.05) is 25.0 Å². The fourth-order valence-electron chi connectivity index (χ4n) is 2.04. The van der Waals surface area contributed by atoms with Gasteiger partial charge in [0, 0.05) is 13.1 Å². The van der Waals surface area contributed by atoms with Crippen molar-refractivity contribution in [2.45, 2.75) is 12.5 Å². The van der Waals surface area contributed by atoms with E-state index in [1.807, 2.05) is 11.0 Å². The minimum Gasteiger partial charge on any atom is -0.392 e. The summed E-state index contributed by atoms with van der Waals surface area (Å²) in [6.07, 6.45) is 0.381. The van der Waals surface area contributed by atoms with Gasteiger partial charge in [0.2, 0.25) is 5.91 Å². The van der Waals surface area contributed by atoms with Crippen LogP contribution in [-0.4, -0.2) is 41.7 Å². The molecule has 1 aliphatic heterocycles. The molecule has 0 aromatic heterocycles. The van der Waals surface area contributed by atoms with E-state index in [-0.39, 0.29) is 18.6 Å². The Labute approximate surface area is 106 Å². The molecular formula is C13H15N3O2. The van der Waals surface area contributed by atoms with Crippen LogP contribution in [0.15, 0.2) is 24.3 Å². The number of β-amino-alcohol motifs (C(OH)–C–C–N with tert-alkyl or cyclic N) is 1. The number of para-hydroxylation sites is 1. The molecule has 2 N–H and O–H groups in total. The first-order valence-corrected chi connectivity index (χ1v) is 5.88. The van der Waals surface area contributed by atoms with Gasteiger partial charge >= 0.3 is 0 Å². The number of benzene rings is 1. The maximum atomic E-state index is 11.8. The Morgan fingerprint density at radius 2 is 2.33 bits per heavy atom. The molecule has 1 atom stereocenters. The molecule has 1 aromatic rings. The minimum atomic E-state index is -0.329. The topological polar surface area (TPSA) is 76.4 Å². The second kappa shape index (κ2) is 5.63. The number of aliphatic hydroxyl groups is 1. The Balaban J connectivity index is 1.93. The fraction of sp³-hybridized carbons (Fsp3) is 0.385. The molecule has 5 nitrogen and oxygen atoms in total. The van der Waals surface area contributed by atoms with Gasteiger partial charge < -0.3 is 10.4 Å². The van der Waals surface area contributed by atoms with Crippen LogP contribution >= 0.6 is 0 Å². The average molecular weight is 245 g/mol. The quantitative estimate of drug-likeness (QED) is 0.816. The zero-order chi connectivity index (χ0) is 13.0. The first-order chi connectivity index (χ1) is 8.69. The molecule has 1 saturated heterocycles. The predicted molar refractivity (Wildman–Crippen MR) is 66.9 cm³/mol. The summed E-state index contributed by atoms with van der Waals surface area (Å²) < 4.78 is 0. The Morgan fingerprint density at radius 1 is 1.56 bits per heavy atom. The maximum absolute atomic E-state index is 11.8. The number of likely N-dealkylation sites (tertiary alicyclic amines) is 1. The molecule has 0 spiro atoms. The Hall–Kier alpha value is -1.90. The van der Waals surface area contributed by atoms with Gasteiger partial charge in [0.25, 0.3) is 0 Å². The van der Waals surface area contributed by atoms with Crippen LogP contribution < -0.4 is 5.32 Å². The molecule has 1 fully saturated rings. The van der Waals surface area contributed by atoms with Crippen LogP contribution in [0.3, 0.4) is 0 Å². The lowest BCUT2D eigenvalue weighted by atomic mass is 10.2. The highest BCUT2D eigenvalue weighted by Crippen LogP contribution is 2.14. The van der Waals surface area contributed by atoms with Crippen molar-refractivity contribution in [2.24, 2.45) is 0 Å². The molecule has 0 bridgehead atoms. The highest BCUT2D eigenvalue weighted by Gasteiger charge is 2.22. The molecule has 0 saturated carbocycles. The van der Waals surface area contributed by atoms with Gasteiger partial charge in [-0.05, 0) is 18.6 Å².